The maximum Gasteiger partial charge on any atom is 0.389 e. The van der Waals surface area contributed by atoms with Gasteiger partial charge in [-0.25, -0.2) is 0 Å². The third-order valence-corrected chi connectivity index (χ3v) is 4.03. The molecule has 1 aromatic carbocycles. The van der Waals surface area contributed by atoms with Crippen molar-refractivity contribution in [3.8, 4) is 0 Å². The Morgan fingerprint density at radius 1 is 1.37 bits per heavy atom. The lowest BCUT2D eigenvalue weighted by atomic mass is 10.0. The highest BCUT2D eigenvalue weighted by atomic mass is 79.9. The molecule has 0 aliphatic heterocycles. The molecule has 0 amide bonds. The van der Waals surface area contributed by atoms with E-state index in [1.807, 2.05) is 6.92 Å². The number of nitrogens with one attached hydrogen (secondary N) is 1. The van der Waals surface area contributed by atoms with Crippen molar-refractivity contribution in [2.75, 3.05) is 6.54 Å². The van der Waals surface area contributed by atoms with E-state index in [0.717, 1.165) is 6.42 Å². The fourth-order valence-electron chi connectivity index (χ4n) is 1.78. The SMILES string of the molecule is CCCNC(CCC(F)(F)F)c1cccc(Br)c1Cl. The van der Waals surface area contributed by atoms with E-state index in [0.29, 0.717) is 21.6 Å². The highest BCUT2D eigenvalue weighted by Gasteiger charge is 2.29. The molecule has 0 radical (unpaired) electrons. The Bertz CT molecular complexity index is 409. The monoisotopic (exact) mass is 357 g/mol. The Balaban J connectivity index is 2.86. The minimum Gasteiger partial charge on any atom is -0.310 e. The highest BCUT2D eigenvalue weighted by molar-refractivity contribution is 9.10. The van der Waals surface area contributed by atoms with Gasteiger partial charge in [0.05, 0.1) is 5.02 Å². The lowest BCUT2D eigenvalue weighted by Crippen LogP contribution is -2.24. The summed E-state index contributed by atoms with van der Waals surface area (Å²) in [6.07, 6.45) is -4.13. The second-order valence-corrected chi connectivity index (χ2v) is 5.54. The van der Waals surface area contributed by atoms with Crippen molar-refractivity contribution in [1.29, 1.82) is 0 Å². The van der Waals surface area contributed by atoms with Crippen LogP contribution in [0.25, 0.3) is 0 Å². The van der Waals surface area contributed by atoms with Gasteiger partial charge in [0, 0.05) is 16.9 Å². The molecule has 0 aliphatic rings. The van der Waals surface area contributed by atoms with Crippen LogP contribution in [0.15, 0.2) is 22.7 Å². The highest BCUT2D eigenvalue weighted by Crippen LogP contribution is 2.34. The van der Waals surface area contributed by atoms with Gasteiger partial charge in [-0.15, -0.1) is 0 Å². The summed E-state index contributed by atoms with van der Waals surface area (Å²) < 4.78 is 37.8. The van der Waals surface area contributed by atoms with Gasteiger partial charge in [-0.1, -0.05) is 30.7 Å². The summed E-state index contributed by atoms with van der Waals surface area (Å²) in [6.45, 7) is 2.63. The zero-order chi connectivity index (χ0) is 14.5. The lowest BCUT2D eigenvalue weighted by molar-refractivity contribution is -0.136. The van der Waals surface area contributed by atoms with Gasteiger partial charge in [-0.3, -0.25) is 0 Å². The van der Waals surface area contributed by atoms with Crippen molar-refractivity contribution in [1.82, 2.24) is 5.32 Å². The van der Waals surface area contributed by atoms with Crippen LogP contribution < -0.4 is 5.32 Å². The normalized spacial score (nSPS) is 13.6. The molecule has 1 atom stereocenters. The number of halogens is 5. The molecular formula is C13H16BrClF3N. The molecule has 1 rings (SSSR count). The van der Waals surface area contributed by atoms with E-state index < -0.39 is 12.6 Å². The van der Waals surface area contributed by atoms with Gasteiger partial charge in [0.15, 0.2) is 0 Å². The van der Waals surface area contributed by atoms with Crippen LogP contribution in [0, 0.1) is 0 Å². The van der Waals surface area contributed by atoms with Gasteiger partial charge in [-0.2, -0.15) is 13.2 Å². The van der Waals surface area contributed by atoms with E-state index in [-0.39, 0.29) is 12.5 Å². The number of benzene rings is 1. The van der Waals surface area contributed by atoms with E-state index >= 15 is 0 Å². The van der Waals surface area contributed by atoms with Crippen molar-refractivity contribution in [2.24, 2.45) is 0 Å². The number of hydrogen-bond donors (Lipinski definition) is 1. The molecule has 1 aromatic rings. The number of rotatable bonds is 6. The molecule has 0 spiro atoms. The molecule has 0 saturated heterocycles. The molecule has 6 heteroatoms. The maximum absolute atomic E-state index is 12.4. The number of hydrogen-bond acceptors (Lipinski definition) is 1. The summed E-state index contributed by atoms with van der Waals surface area (Å²) in [5.41, 5.74) is 0.703. The maximum atomic E-state index is 12.4. The van der Waals surface area contributed by atoms with Crippen LogP contribution in [0.2, 0.25) is 5.02 Å². The Labute approximate surface area is 124 Å². The topological polar surface area (TPSA) is 12.0 Å². The average molecular weight is 359 g/mol. The Morgan fingerprint density at radius 3 is 2.63 bits per heavy atom. The fourth-order valence-corrected chi connectivity index (χ4v) is 2.42. The largest absolute Gasteiger partial charge is 0.389 e. The third-order valence-electron chi connectivity index (χ3n) is 2.71. The summed E-state index contributed by atoms with van der Waals surface area (Å²) in [5, 5.41) is 3.59. The first-order chi connectivity index (χ1) is 8.85. The average Bonchev–Trinajstić information content (AvgIpc) is 2.32. The summed E-state index contributed by atoms with van der Waals surface area (Å²) >= 11 is 9.44. The Morgan fingerprint density at radius 2 is 2.05 bits per heavy atom. The van der Waals surface area contributed by atoms with Crippen LogP contribution in [0.3, 0.4) is 0 Å². The number of alkyl halides is 3. The van der Waals surface area contributed by atoms with Crippen molar-refractivity contribution in [3.63, 3.8) is 0 Å². The summed E-state index contributed by atoms with van der Waals surface area (Å²) in [5.74, 6) is 0. The van der Waals surface area contributed by atoms with Gasteiger partial charge < -0.3 is 5.32 Å². The van der Waals surface area contributed by atoms with Crippen LogP contribution in [-0.4, -0.2) is 12.7 Å². The summed E-state index contributed by atoms with van der Waals surface area (Å²) in [6, 6.07) is 4.93. The van der Waals surface area contributed by atoms with E-state index in [2.05, 4.69) is 21.2 Å². The summed E-state index contributed by atoms with van der Waals surface area (Å²) in [4.78, 5) is 0. The molecule has 0 heterocycles. The third kappa shape index (κ3) is 5.71. The first-order valence-electron chi connectivity index (χ1n) is 6.09. The zero-order valence-electron chi connectivity index (χ0n) is 10.5. The molecule has 0 aliphatic carbocycles. The van der Waals surface area contributed by atoms with E-state index in [4.69, 9.17) is 11.6 Å². The molecule has 19 heavy (non-hydrogen) atoms. The van der Waals surface area contributed by atoms with E-state index in [1.165, 1.54) is 0 Å². The molecule has 1 N–H and O–H groups in total. The Hall–Kier alpha value is -0.260. The summed E-state index contributed by atoms with van der Waals surface area (Å²) in [7, 11) is 0. The van der Waals surface area contributed by atoms with Crippen LogP contribution in [0.5, 0.6) is 0 Å². The van der Waals surface area contributed by atoms with Crippen LogP contribution in [0.1, 0.15) is 37.8 Å². The molecule has 108 valence electrons. The quantitative estimate of drug-likeness (QED) is 0.709. The minimum absolute atomic E-state index is 0.0142. The first kappa shape index (κ1) is 16.8. The predicted molar refractivity (Wildman–Crippen MR) is 75.5 cm³/mol. The Kier molecular flexibility index (Phi) is 6.63. The zero-order valence-corrected chi connectivity index (χ0v) is 12.9. The van der Waals surface area contributed by atoms with Crippen molar-refractivity contribution < 1.29 is 13.2 Å². The predicted octanol–water partition coefficient (Wildman–Crippen LogP) is 5.49. The van der Waals surface area contributed by atoms with Crippen LogP contribution in [0.4, 0.5) is 13.2 Å². The molecule has 0 fully saturated rings. The molecular weight excluding hydrogens is 343 g/mol. The van der Waals surface area contributed by atoms with Crippen LogP contribution >= 0.6 is 27.5 Å². The second-order valence-electron chi connectivity index (χ2n) is 4.30. The van der Waals surface area contributed by atoms with E-state index in [9.17, 15) is 13.2 Å². The van der Waals surface area contributed by atoms with Gasteiger partial charge >= 0.3 is 6.18 Å². The van der Waals surface area contributed by atoms with Gasteiger partial charge in [0.1, 0.15) is 0 Å². The molecule has 1 nitrogen and oxygen atoms in total. The molecule has 1 unspecified atom stereocenters. The molecule has 0 bridgehead atoms. The lowest BCUT2D eigenvalue weighted by Gasteiger charge is -2.21. The first-order valence-corrected chi connectivity index (χ1v) is 7.26. The van der Waals surface area contributed by atoms with Gasteiger partial charge in [0.25, 0.3) is 0 Å². The second kappa shape index (κ2) is 7.50. The van der Waals surface area contributed by atoms with E-state index in [1.54, 1.807) is 18.2 Å². The van der Waals surface area contributed by atoms with Crippen molar-refractivity contribution in [3.05, 3.63) is 33.3 Å². The minimum atomic E-state index is -4.15. The van der Waals surface area contributed by atoms with Gasteiger partial charge in [0.2, 0.25) is 0 Å². The van der Waals surface area contributed by atoms with Crippen molar-refractivity contribution in [2.45, 2.75) is 38.4 Å². The fraction of sp³-hybridized carbons (Fsp3) is 0.538. The van der Waals surface area contributed by atoms with Gasteiger partial charge in [-0.05, 0) is 46.9 Å². The van der Waals surface area contributed by atoms with Crippen LogP contribution in [-0.2, 0) is 0 Å². The standard InChI is InChI=1S/C13H16BrClF3N/c1-2-8-19-11(6-7-13(16,17)18)9-4-3-5-10(14)12(9)15/h3-5,11,19H,2,6-8H2,1H3. The smallest absolute Gasteiger partial charge is 0.310 e. The molecule has 0 aromatic heterocycles. The molecule has 0 saturated carbocycles. The van der Waals surface area contributed by atoms with Crippen molar-refractivity contribution >= 4 is 27.5 Å².